The fraction of sp³-hybridized carbons (Fsp3) is 0.0625. The maximum atomic E-state index is 13.5. The Bertz CT molecular complexity index is 758. The maximum absolute atomic E-state index is 13.5. The number of hydrogen-bond acceptors (Lipinski definition) is 2. The molecular formula is C16H11F2NO. The molecule has 3 rings (SSSR count). The molecule has 0 bridgehead atoms. The highest BCUT2D eigenvalue weighted by molar-refractivity contribution is 5.79. The molecule has 0 radical (unpaired) electrons. The second-order valence-electron chi connectivity index (χ2n) is 4.39. The second-order valence-corrected chi connectivity index (χ2v) is 4.39. The standard InChI is InChI=1S/C16H11F2NO/c17-13-5-6-15(18)12(7-13)10-20-14-8-11-3-1-2-4-16(11)19-9-14/h1-9H,10H2. The third kappa shape index (κ3) is 2.59. The van der Waals surface area contributed by atoms with Crippen molar-refractivity contribution < 1.29 is 13.5 Å². The van der Waals surface area contributed by atoms with Crippen LogP contribution >= 0.6 is 0 Å². The van der Waals surface area contributed by atoms with Gasteiger partial charge in [-0.05, 0) is 30.3 Å². The van der Waals surface area contributed by atoms with Crippen LogP contribution in [-0.4, -0.2) is 4.98 Å². The minimum atomic E-state index is -0.486. The molecule has 0 fully saturated rings. The maximum Gasteiger partial charge on any atom is 0.138 e. The van der Waals surface area contributed by atoms with Crippen molar-refractivity contribution in [2.75, 3.05) is 0 Å². The molecule has 0 aliphatic heterocycles. The van der Waals surface area contributed by atoms with Gasteiger partial charge in [0.2, 0.25) is 0 Å². The lowest BCUT2D eigenvalue weighted by molar-refractivity contribution is 0.298. The molecule has 0 N–H and O–H groups in total. The van der Waals surface area contributed by atoms with Gasteiger partial charge in [-0.3, -0.25) is 4.98 Å². The average Bonchev–Trinajstić information content (AvgIpc) is 2.48. The quantitative estimate of drug-likeness (QED) is 0.715. The fourth-order valence-corrected chi connectivity index (χ4v) is 1.94. The largest absolute Gasteiger partial charge is 0.487 e. The summed E-state index contributed by atoms with van der Waals surface area (Å²) in [4.78, 5) is 4.24. The van der Waals surface area contributed by atoms with E-state index in [0.29, 0.717) is 5.75 Å². The Hall–Kier alpha value is -2.49. The van der Waals surface area contributed by atoms with E-state index in [0.717, 1.165) is 29.1 Å². The molecule has 1 heterocycles. The van der Waals surface area contributed by atoms with Crippen LogP contribution in [0.3, 0.4) is 0 Å². The first-order chi connectivity index (χ1) is 9.72. The van der Waals surface area contributed by atoms with Crippen LogP contribution in [0.15, 0.2) is 54.7 Å². The Morgan fingerprint density at radius 3 is 2.75 bits per heavy atom. The number of rotatable bonds is 3. The molecule has 0 spiro atoms. The zero-order valence-electron chi connectivity index (χ0n) is 10.5. The van der Waals surface area contributed by atoms with Crippen LogP contribution in [0.4, 0.5) is 8.78 Å². The smallest absolute Gasteiger partial charge is 0.138 e. The zero-order chi connectivity index (χ0) is 13.9. The van der Waals surface area contributed by atoms with E-state index in [-0.39, 0.29) is 12.2 Å². The Kier molecular flexibility index (Phi) is 3.29. The summed E-state index contributed by atoms with van der Waals surface area (Å²) < 4.78 is 32.0. The van der Waals surface area contributed by atoms with E-state index >= 15 is 0 Å². The predicted molar refractivity (Wildman–Crippen MR) is 72.4 cm³/mol. The summed E-state index contributed by atoms with van der Waals surface area (Å²) in [5.74, 6) is -0.450. The predicted octanol–water partition coefficient (Wildman–Crippen LogP) is 4.09. The first-order valence-electron chi connectivity index (χ1n) is 6.14. The number of fused-ring (bicyclic) bond motifs is 1. The van der Waals surface area contributed by atoms with Crippen molar-refractivity contribution in [3.8, 4) is 5.75 Å². The van der Waals surface area contributed by atoms with Crippen LogP contribution in [0, 0.1) is 11.6 Å². The van der Waals surface area contributed by atoms with Gasteiger partial charge >= 0.3 is 0 Å². The van der Waals surface area contributed by atoms with Crippen molar-refractivity contribution in [2.24, 2.45) is 0 Å². The van der Waals surface area contributed by atoms with Gasteiger partial charge in [0.25, 0.3) is 0 Å². The van der Waals surface area contributed by atoms with E-state index in [1.807, 2.05) is 30.3 Å². The molecule has 0 saturated carbocycles. The van der Waals surface area contributed by atoms with Gasteiger partial charge in [-0.25, -0.2) is 8.78 Å². The highest BCUT2D eigenvalue weighted by Gasteiger charge is 2.05. The fourth-order valence-electron chi connectivity index (χ4n) is 1.94. The number of halogens is 2. The van der Waals surface area contributed by atoms with Crippen molar-refractivity contribution >= 4 is 10.9 Å². The summed E-state index contributed by atoms with van der Waals surface area (Å²) >= 11 is 0. The average molecular weight is 271 g/mol. The van der Waals surface area contributed by atoms with Gasteiger partial charge in [-0.15, -0.1) is 0 Å². The van der Waals surface area contributed by atoms with Crippen LogP contribution in [0.25, 0.3) is 10.9 Å². The van der Waals surface area contributed by atoms with Gasteiger partial charge in [0.1, 0.15) is 24.0 Å². The molecular weight excluding hydrogens is 260 g/mol. The topological polar surface area (TPSA) is 22.1 Å². The molecule has 20 heavy (non-hydrogen) atoms. The third-order valence-electron chi connectivity index (χ3n) is 2.97. The highest BCUT2D eigenvalue weighted by Crippen LogP contribution is 2.19. The summed E-state index contributed by atoms with van der Waals surface area (Å²) in [6.45, 7) is -0.0381. The van der Waals surface area contributed by atoms with Crippen molar-refractivity contribution in [2.45, 2.75) is 6.61 Å². The SMILES string of the molecule is Fc1ccc(F)c(COc2cnc3ccccc3c2)c1. The molecule has 4 heteroatoms. The number of pyridine rings is 1. The van der Waals surface area contributed by atoms with E-state index in [1.54, 1.807) is 6.20 Å². The Morgan fingerprint density at radius 1 is 1.00 bits per heavy atom. The van der Waals surface area contributed by atoms with Gasteiger partial charge in [0.15, 0.2) is 0 Å². The van der Waals surface area contributed by atoms with E-state index in [2.05, 4.69) is 4.98 Å². The van der Waals surface area contributed by atoms with Crippen molar-refractivity contribution in [1.29, 1.82) is 0 Å². The number of benzene rings is 2. The monoisotopic (exact) mass is 271 g/mol. The zero-order valence-corrected chi connectivity index (χ0v) is 10.5. The molecule has 2 aromatic carbocycles. The molecule has 3 aromatic rings. The van der Waals surface area contributed by atoms with Crippen molar-refractivity contribution in [3.05, 3.63) is 71.9 Å². The lowest BCUT2D eigenvalue weighted by Gasteiger charge is -2.08. The summed E-state index contributed by atoms with van der Waals surface area (Å²) in [6, 6.07) is 12.7. The van der Waals surface area contributed by atoms with Gasteiger partial charge in [0.05, 0.1) is 11.7 Å². The lowest BCUT2D eigenvalue weighted by Crippen LogP contribution is -1.99. The van der Waals surface area contributed by atoms with E-state index in [9.17, 15) is 8.78 Å². The number of aromatic nitrogens is 1. The second kappa shape index (κ2) is 5.25. The molecule has 1 aromatic heterocycles. The van der Waals surface area contributed by atoms with E-state index in [4.69, 9.17) is 4.74 Å². The summed E-state index contributed by atoms with van der Waals surface area (Å²) in [6.07, 6.45) is 1.57. The van der Waals surface area contributed by atoms with Gasteiger partial charge in [-0.2, -0.15) is 0 Å². The minimum absolute atomic E-state index is 0.0381. The first-order valence-corrected chi connectivity index (χ1v) is 6.14. The summed E-state index contributed by atoms with van der Waals surface area (Å²) in [7, 11) is 0. The Morgan fingerprint density at radius 2 is 1.85 bits per heavy atom. The molecule has 0 aliphatic carbocycles. The van der Waals surface area contributed by atoms with Crippen molar-refractivity contribution in [1.82, 2.24) is 4.98 Å². The number of hydrogen-bond donors (Lipinski definition) is 0. The molecule has 0 saturated heterocycles. The van der Waals surface area contributed by atoms with Gasteiger partial charge in [0, 0.05) is 10.9 Å². The molecule has 2 nitrogen and oxygen atoms in total. The summed E-state index contributed by atoms with van der Waals surface area (Å²) in [5.41, 5.74) is 1.04. The van der Waals surface area contributed by atoms with Crippen molar-refractivity contribution in [3.63, 3.8) is 0 Å². The number of para-hydroxylation sites is 1. The van der Waals surface area contributed by atoms with Crippen LogP contribution in [0.2, 0.25) is 0 Å². The van der Waals surface area contributed by atoms with Gasteiger partial charge < -0.3 is 4.74 Å². The first kappa shape index (κ1) is 12.5. The number of ether oxygens (including phenoxy) is 1. The molecule has 100 valence electrons. The molecule has 0 atom stereocenters. The van der Waals surface area contributed by atoms with Crippen LogP contribution in [0.5, 0.6) is 5.75 Å². The minimum Gasteiger partial charge on any atom is -0.487 e. The van der Waals surface area contributed by atoms with Crippen LogP contribution < -0.4 is 4.74 Å². The lowest BCUT2D eigenvalue weighted by atomic mass is 10.2. The van der Waals surface area contributed by atoms with E-state index in [1.165, 1.54) is 0 Å². The molecule has 0 unspecified atom stereocenters. The van der Waals surface area contributed by atoms with Gasteiger partial charge in [-0.1, -0.05) is 18.2 Å². The molecule has 0 amide bonds. The normalized spacial score (nSPS) is 10.7. The highest BCUT2D eigenvalue weighted by atomic mass is 19.1. The van der Waals surface area contributed by atoms with E-state index < -0.39 is 11.6 Å². The summed E-state index contributed by atoms with van der Waals surface area (Å²) in [5, 5.41) is 0.935. The third-order valence-corrected chi connectivity index (χ3v) is 2.97. The van der Waals surface area contributed by atoms with Crippen LogP contribution in [0.1, 0.15) is 5.56 Å². The number of nitrogens with zero attached hydrogens (tertiary/aromatic N) is 1. The Balaban J connectivity index is 1.81. The van der Waals surface area contributed by atoms with Crippen LogP contribution in [-0.2, 0) is 6.61 Å². The Labute approximate surface area is 114 Å². The molecule has 0 aliphatic rings.